The monoisotopic (exact) mass is 268 g/mol. The van der Waals surface area contributed by atoms with Crippen molar-refractivity contribution in [3.63, 3.8) is 0 Å². The van der Waals surface area contributed by atoms with Crippen LogP contribution in [0.15, 0.2) is 42.7 Å². The highest BCUT2D eigenvalue weighted by Crippen LogP contribution is 2.24. The minimum atomic E-state index is 0.273. The third-order valence-electron chi connectivity index (χ3n) is 2.84. The zero-order valence-electron chi connectivity index (χ0n) is 9.92. The second-order valence-electron chi connectivity index (χ2n) is 4.03. The van der Waals surface area contributed by atoms with E-state index in [1.54, 1.807) is 18.3 Å². The van der Waals surface area contributed by atoms with Gasteiger partial charge in [0.25, 0.3) is 0 Å². The van der Waals surface area contributed by atoms with E-state index in [0.717, 1.165) is 22.7 Å². The van der Waals surface area contributed by atoms with Gasteiger partial charge in [-0.05, 0) is 18.2 Å². The molecule has 3 heterocycles. The van der Waals surface area contributed by atoms with Gasteiger partial charge in [-0.3, -0.25) is 4.98 Å². The standard InChI is InChI=1S/C14H9ClN4/c15-10-5-8-19-12(4-6-16)14(18-13(19)9-10)11-3-1-2-7-17-11/h1-3,5,7-9H,4H2. The van der Waals surface area contributed by atoms with Crippen LogP contribution in [-0.2, 0) is 6.42 Å². The predicted molar refractivity (Wildman–Crippen MR) is 72.8 cm³/mol. The van der Waals surface area contributed by atoms with Crippen LogP contribution in [0.25, 0.3) is 17.0 Å². The average Bonchev–Trinajstić information content (AvgIpc) is 2.78. The number of fused-ring (bicyclic) bond motifs is 1. The van der Waals surface area contributed by atoms with Crippen LogP contribution in [0.1, 0.15) is 5.69 Å². The van der Waals surface area contributed by atoms with Gasteiger partial charge in [0.2, 0.25) is 0 Å². The molecule has 0 radical (unpaired) electrons. The van der Waals surface area contributed by atoms with Gasteiger partial charge < -0.3 is 4.40 Å². The number of halogens is 1. The second kappa shape index (κ2) is 4.71. The molecule has 0 spiro atoms. The molecule has 19 heavy (non-hydrogen) atoms. The van der Waals surface area contributed by atoms with Gasteiger partial charge in [-0.1, -0.05) is 17.7 Å². The molecule has 0 aliphatic rings. The lowest BCUT2D eigenvalue weighted by Crippen LogP contribution is -1.93. The maximum absolute atomic E-state index is 8.99. The van der Waals surface area contributed by atoms with Gasteiger partial charge in [0.15, 0.2) is 0 Å². The zero-order valence-corrected chi connectivity index (χ0v) is 10.7. The van der Waals surface area contributed by atoms with Gasteiger partial charge >= 0.3 is 0 Å². The Kier molecular flexibility index (Phi) is 2.90. The van der Waals surface area contributed by atoms with E-state index in [0.29, 0.717) is 5.02 Å². The van der Waals surface area contributed by atoms with Crippen LogP contribution in [0, 0.1) is 11.3 Å². The number of rotatable bonds is 2. The second-order valence-corrected chi connectivity index (χ2v) is 4.47. The van der Waals surface area contributed by atoms with Crippen molar-refractivity contribution < 1.29 is 0 Å². The fourth-order valence-electron chi connectivity index (χ4n) is 2.02. The Bertz CT molecular complexity index is 771. The van der Waals surface area contributed by atoms with E-state index < -0.39 is 0 Å². The van der Waals surface area contributed by atoms with E-state index in [1.807, 2.05) is 28.8 Å². The Balaban J connectivity index is 2.29. The first-order chi connectivity index (χ1) is 9.29. The number of aromatic nitrogens is 3. The van der Waals surface area contributed by atoms with Gasteiger partial charge in [0.05, 0.1) is 23.9 Å². The van der Waals surface area contributed by atoms with Gasteiger partial charge in [0.1, 0.15) is 11.3 Å². The molecular weight excluding hydrogens is 260 g/mol. The molecule has 0 unspecified atom stereocenters. The van der Waals surface area contributed by atoms with Crippen LogP contribution < -0.4 is 0 Å². The Morgan fingerprint density at radius 3 is 2.95 bits per heavy atom. The minimum absolute atomic E-state index is 0.273. The molecule has 0 aliphatic carbocycles. The number of imidazole rings is 1. The van der Waals surface area contributed by atoms with Crippen molar-refractivity contribution in [2.24, 2.45) is 0 Å². The molecule has 0 saturated heterocycles. The van der Waals surface area contributed by atoms with E-state index in [1.165, 1.54) is 0 Å². The number of hydrogen-bond acceptors (Lipinski definition) is 3. The third kappa shape index (κ3) is 2.05. The summed E-state index contributed by atoms with van der Waals surface area (Å²) in [5.41, 5.74) is 3.03. The summed E-state index contributed by atoms with van der Waals surface area (Å²) in [5, 5.41) is 9.60. The molecule has 3 rings (SSSR count). The molecule has 0 amide bonds. The first kappa shape index (κ1) is 11.7. The summed E-state index contributed by atoms with van der Waals surface area (Å²) >= 11 is 5.97. The molecule has 4 nitrogen and oxygen atoms in total. The van der Waals surface area contributed by atoms with Crippen molar-refractivity contribution >= 4 is 17.2 Å². The maximum atomic E-state index is 8.99. The molecule has 0 aliphatic heterocycles. The molecule has 3 aromatic rings. The number of hydrogen-bond donors (Lipinski definition) is 0. The van der Waals surface area contributed by atoms with Crippen molar-refractivity contribution in [2.45, 2.75) is 6.42 Å². The van der Waals surface area contributed by atoms with Gasteiger partial charge in [0, 0.05) is 23.5 Å². The van der Waals surface area contributed by atoms with E-state index in [-0.39, 0.29) is 6.42 Å². The molecular formula is C14H9ClN4. The SMILES string of the molecule is N#CCc1c(-c2ccccn2)nc2cc(Cl)ccn12. The van der Waals surface area contributed by atoms with Crippen LogP contribution in [0.3, 0.4) is 0 Å². The first-order valence-corrected chi connectivity index (χ1v) is 6.12. The smallest absolute Gasteiger partial charge is 0.139 e. The Hall–Kier alpha value is -2.38. The molecule has 0 N–H and O–H groups in total. The topological polar surface area (TPSA) is 54.0 Å². The molecule has 0 saturated carbocycles. The van der Waals surface area contributed by atoms with Gasteiger partial charge in [-0.25, -0.2) is 4.98 Å². The number of pyridine rings is 2. The third-order valence-corrected chi connectivity index (χ3v) is 3.08. The quantitative estimate of drug-likeness (QED) is 0.717. The summed E-state index contributed by atoms with van der Waals surface area (Å²) in [6, 6.07) is 11.3. The Morgan fingerprint density at radius 1 is 1.32 bits per heavy atom. The predicted octanol–water partition coefficient (Wildman–Crippen LogP) is 3.12. The molecule has 0 aromatic carbocycles. The fraction of sp³-hybridized carbons (Fsp3) is 0.0714. The van der Waals surface area contributed by atoms with Crippen LogP contribution in [0.2, 0.25) is 5.02 Å². The lowest BCUT2D eigenvalue weighted by molar-refractivity contribution is 1.05. The zero-order chi connectivity index (χ0) is 13.2. The molecule has 92 valence electrons. The average molecular weight is 269 g/mol. The lowest BCUT2D eigenvalue weighted by Gasteiger charge is -2.00. The van der Waals surface area contributed by atoms with Crippen LogP contribution >= 0.6 is 11.6 Å². The Morgan fingerprint density at radius 2 is 2.21 bits per heavy atom. The minimum Gasteiger partial charge on any atom is -0.302 e. The number of nitrogens with zero attached hydrogens (tertiary/aromatic N) is 4. The molecule has 0 bridgehead atoms. The summed E-state index contributed by atoms with van der Waals surface area (Å²) in [6.45, 7) is 0. The van der Waals surface area contributed by atoms with Crippen molar-refractivity contribution in [3.8, 4) is 17.5 Å². The van der Waals surface area contributed by atoms with Gasteiger partial charge in [-0.15, -0.1) is 0 Å². The van der Waals surface area contributed by atoms with Crippen LogP contribution in [-0.4, -0.2) is 14.4 Å². The molecule has 0 fully saturated rings. The summed E-state index contributed by atoms with van der Waals surface area (Å²) in [5.74, 6) is 0. The highest BCUT2D eigenvalue weighted by atomic mass is 35.5. The summed E-state index contributed by atoms with van der Waals surface area (Å²) in [7, 11) is 0. The first-order valence-electron chi connectivity index (χ1n) is 5.74. The summed E-state index contributed by atoms with van der Waals surface area (Å²) < 4.78 is 1.87. The maximum Gasteiger partial charge on any atom is 0.139 e. The van der Waals surface area contributed by atoms with Crippen molar-refractivity contribution in [2.75, 3.05) is 0 Å². The summed E-state index contributed by atoms with van der Waals surface area (Å²) in [6.07, 6.45) is 3.81. The van der Waals surface area contributed by atoms with E-state index in [9.17, 15) is 0 Å². The van der Waals surface area contributed by atoms with Crippen molar-refractivity contribution in [3.05, 3.63) is 53.4 Å². The van der Waals surface area contributed by atoms with Crippen molar-refractivity contribution in [1.29, 1.82) is 5.26 Å². The molecule has 5 heteroatoms. The normalized spacial score (nSPS) is 10.5. The largest absolute Gasteiger partial charge is 0.302 e. The molecule has 0 atom stereocenters. The van der Waals surface area contributed by atoms with Crippen LogP contribution in [0.5, 0.6) is 0 Å². The van der Waals surface area contributed by atoms with E-state index in [4.69, 9.17) is 16.9 Å². The Labute approximate surface area is 114 Å². The van der Waals surface area contributed by atoms with E-state index >= 15 is 0 Å². The fourth-order valence-corrected chi connectivity index (χ4v) is 2.18. The number of nitriles is 1. The lowest BCUT2D eigenvalue weighted by atomic mass is 10.2. The molecule has 3 aromatic heterocycles. The van der Waals surface area contributed by atoms with Crippen molar-refractivity contribution in [1.82, 2.24) is 14.4 Å². The highest BCUT2D eigenvalue weighted by molar-refractivity contribution is 6.30. The summed E-state index contributed by atoms with van der Waals surface area (Å²) in [4.78, 5) is 8.82. The van der Waals surface area contributed by atoms with E-state index in [2.05, 4.69) is 16.0 Å². The van der Waals surface area contributed by atoms with Gasteiger partial charge in [-0.2, -0.15) is 5.26 Å². The highest BCUT2D eigenvalue weighted by Gasteiger charge is 2.14. The van der Waals surface area contributed by atoms with Crippen LogP contribution in [0.4, 0.5) is 0 Å².